The van der Waals surface area contributed by atoms with Crippen molar-refractivity contribution in [3.05, 3.63) is 93.6 Å². The fourth-order valence-corrected chi connectivity index (χ4v) is 3.49. The molecule has 0 saturated carbocycles. The van der Waals surface area contributed by atoms with Crippen LogP contribution in [0.15, 0.2) is 78.9 Å². The molecule has 3 aromatic rings. The normalized spacial score (nSPS) is 12.1. The summed E-state index contributed by atoms with van der Waals surface area (Å²) in [5, 5.41) is 0. The molecule has 0 saturated heterocycles. The summed E-state index contributed by atoms with van der Waals surface area (Å²) < 4.78 is 1.26. The zero-order valence-electron chi connectivity index (χ0n) is 11.3. The summed E-state index contributed by atoms with van der Waals surface area (Å²) in [6.07, 6.45) is 0. The van der Waals surface area contributed by atoms with Crippen LogP contribution in [0.2, 0.25) is 0 Å². The van der Waals surface area contributed by atoms with E-state index in [9.17, 15) is 0 Å². The molecule has 0 aliphatic heterocycles. The molecule has 2 heteroatoms. The maximum absolute atomic E-state index is 3.81. The van der Waals surface area contributed by atoms with Gasteiger partial charge in [0.2, 0.25) is 0 Å². The predicted octanol–water partition coefficient (Wildman–Crippen LogP) is 6.44. The van der Waals surface area contributed by atoms with Crippen LogP contribution < -0.4 is 0 Å². The summed E-state index contributed by atoms with van der Waals surface area (Å²) in [6.45, 7) is 0. The van der Waals surface area contributed by atoms with E-state index in [4.69, 9.17) is 0 Å². The summed E-state index contributed by atoms with van der Waals surface area (Å²) in [6, 6.07) is 27.8. The minimum atomic E-state index is 0.233. The second-order valence-corrected chi connectivity index (χ2v) is 7.07. The first-order chi connectivity index (χ1) is 10.2. The lowest BCUT2D eigenvalue weighted by Gasteiger charge is -2.12. The van der Waals surface area contributed by atoms with Crippen LogP contribution in [-0.2, 0) is 0 Å². The number of benzene rings is 3. The van der Waals surface area contributed by atoms with E-state index in [0.29, 0.717) is 0 Å². The summed E-state index contributed by atoms with van der Waals surface area (Å²) in [4.78, 5) is 0.233. The van der Waals surface area contributed by atoms with E-state index in [1.807, 2.05) is 6.07 Å². The van der Waals surface area contributed by atoms with Crippen LogP contribution >= 0.6 is 38.5 Å². The zero-order valence-corrected chi connectivity index (χ0v) is 15.1. The molecule has 0 radical (unpaired) electrons. The summed E-state index contributed by atoms with van der Waals surface area (Å²) in [7, 11) is 0. The highest BCUT2D eigenvalue weighted by Gasteiger charge is 2.10. The molecule has 0 N–H and O–H groups in total. The third-order valence-corrected chi connectivity index (χ3v) is 5.18. The third kappa shape index (κ3) is 3.55. The van der Waals surface area contributed by atoms with Crippen LogP contribution in [0.1, 0.15) is 16.0 Å². The van der Waals surface area contributed by atoms with E-state index in [1.165, 1.54) is 25.8 Å². The average molecular weight is 449 g/mol. The number of halogens is 2. The van der Waals surface area contributed by atoms with Gasteiger partial charge in [-0.05, 0) is 57.0 Å². The number of hydrogen-bond acceptors (Lipinski definition) is 0. The van der Waals surface area contributed by atoms with Gasteiger partial charge < -0.3 is 0 Å². The van der Waals surface area contributed by atoms with Crippen molar-refractivity contribution in [2.45, 2.75) is 4.83 Å². The van der Waals surface area contributed by atoms with Crippen molar-refractivity contribution in [1.29, 1.82) is 0 Å². The first-order valence-electron chi connectivity index (χ1n) is 6.79. The Hall–Kier alpha value is -1.13. The van der Waals surface area contributed by atoms with E-state index in [0.717, 1.165) is 0 Å². The van der Waals surface area contributed by atoms with Crippen LogP contribution in [0, 0.1) is 3.57 Å². The Morgan fingerprint density at radius 3 is 2.00 bits per heavy atom. The standard InChI is InChI=1S/C19H14BrI/c20-19(17-7-4-8-18(21)13-17)16-11-9-15(10-12-16)14-5-2-1-3-6-14/h1-13,19H. The number of alkyl halides is 1. The highest BCUT2D eigenvalue weighted by Crippen LogP contribution is 2.32. The molecule has 0 spiro atoms. The molecule has 0 fully saturated rings. The quantitative estimate of drug-likeness (QED) is 0.319. The Morgan fingerprint density at radius 2 is 1.33 bits per heavy atom. The van der Waals surface area contributed by atoms with Gasteiger partial charge in [-0.15, -0.1) is 0 Å². The SMILES string of the molecule is BrC(c1ccc(-c2ccccc2)cc1)c1cccc(I)c1. The maximum Gasteiger partial charge on any atom is 0.0645 e. The van der Waals surface area contributed by atoms with Crippen molar-refractivity contribution < 1.29 is 0 Å². The molecule has 3 rings (SSSR count). The predicted molar refractivity (Wildman–Crippen MR) is 102 cm³/mol. The highest BCUT2D eigenvalue weighted by molar-refractivity contribution is 14.1. The minimum absolute atomic E-state index is 0.233. The Balaban J connectivity index is 1.87. The van der Waals surface area contributed by atoms with Gasteiger partial charge in [-0.2, -0.15) is 0 Å². The topological polar surface area (TPSA) is 0 Å². The molecule has 1 unspecified atom stereocenters. The fraction of sp³-hybridized carbons (Fsp3) is 0.0526. The van der Waals surface area contributed by atoms with Crippen LogP contribution in [0.25, 0.3) is 11.1 Å². The number of rotatable bonds is 3. The van der Waals surface area contributed by atoms with Crippen LogP contribution in [0.3, 0.4) is 0 Å². The first-order valence-corrected chi connectivity index (χ1v) is 8.78. The van der Waals surface area contributed by atoms with Crippen molar-refractivity contribution in [3.63, 3.8) is 0 Å². The molecule has 0 aliphatic carbocycles. The van der Waals surface area contributed by atoms with Gasteiger partial charge in [0.1, 0.15) is 0 Å². The molecular formula is C19H14BrI. The van der Waals surface area contributed by atoms with Crippen molar-refractivity contribution >= 4 is 38.5 Å². The fourth-order valence-electron chi connectivity index (χ4n) is 2.33. The van der Waals surface area contributed by atoms with Crippen LogP contribution in [-0.4, -0.2) is 0 Å². The van der Waals surface area contributed by atoms with E-state index in [2.05, 4.69) is 111 Å². The van der Waals surface area contributed by atoms with Gasteiger partial charge in [-0.1, -0.05) is 82.7 Å². The van der Waals surface area contributed by atoms with E-state index in [-0.39, 0.29) is 4.83 Å². The lowest BCUT2D eigenvalue weighted by Crippen LogP contribution is -1.93. The van der Waals surface area contributed by atoms with Crippen molar-refractivity contribution in [2.24, 2.45) is 0 Å². The molecule has 0 nitrogen and oxygen atoms in total. The second kappa shape index (κ2) is 6.75. The van der Waals surface area contributed by atoms with Gasteiger partial charge in [0, 0.05) is 3.57 Å². The van der Waals surface area contributed by atoms with Crippen LogP contribution in [0.4, 0.5) is 0 Å². The molecule has 0 aliphatic rings. The van der Waals surface area contributed by atoms with Gasteiger partial charge in [-0.25, -0.2) is 0 Å². The molecule has 0 aromatic heterocycles. The Labute approximate surface area is 147 Å². The highest BCUT2D eigenvalue weighted by atomic mass is 127. The van der Waals surface area contributed by atoms with E-state index >= 15 is 0 Å². The Morgan fingerprint density at radius 1 is 0.667 bits per heavy atom. The molecule has 104 valence electrons. The van der Waals surface area contributed by atoms with Gasteiger partial charge in [0.15, 0.2) is 0 Å². The van der Waals surface area contributed by atoms with Crippen molar-refractivity contribution in [3.8, 4) is 11.1 Å². The molecule has 0 bridgehead atoms. The molecule has 21 heavy (non-hydrogen) atoms. The third-order valence-electron chi connectivity index (χ3n) is 3.45. The molecular weight excluding hydrogens is 435 g/mol. The lowest BCUT2D eigenvalue weighted by molar-refractivity contribution is 1.17. The Kier molecular flexibility index (Phi) is 4.76. The van der Waals surface area contributed by atoms with Gasteiger partial charge in [-0.3, -0.25) is 0 Å². The maximum atomic E-state index is 3.81. The van der Waals surface area contributed by atoms with Gasteiger partial charge in [0.25, 0.3) is 0 Å². The summed E-state index contributed by atoms with van der Waals surface area (Å²) >= 11 is 6.16. The van der Waals surface area contributed by atoms with Crippen molar-refractivity contribution in [2.75, 3.05) is 0 Å². The monoisotopic (exact) mass is 448 g/mol. The Bertz CT molecular complexity index is 720. The van der Waals surface area contributed by atoms with E-state index in [1.54, 1.807) is 0 Å². The minimum Gasteiger partial charge on any atom is -0.0786 e. The molecule has 0 heterocycles. The second-order valence-electron chi connectivity index (χ2n) is 4.91. The van der Waals surface area contributed by atoms with Gasteiger partial charge in [0.05, 0.1) is 4.83 Å². The van der Waals surface area contributed by atoms with E-state index < -0.39 is 0 Å². The molecule has 1 atom stereocenters. The largest absolute Gasteiger partial charge is 0.0786 e. The van der Waals surface area contributed by atoms with Gasteiger partial charge >= 0.3 is 0 Å². The summed E-state index contributed by atoms with van der Waals surface area (Å²) in [5.74, 6) is 0. The van der Waals surface area contributed by atoms with Crippen molar-refractivity contribution in [1.82, 2.24) is 0 Å². The summed E-state index contributed by atoms with van der Waals surface area (Å²) in [5.41, 5.74) is 5.07. The molecule has 3 aromatic carbocycles. The first kappa shape index (κ1) is 14.8. The molecule has 0 amide bonds. The lowest BCUT2D eigenvalue weighted by atomic mass is 10.0. The van der Waals surface area contributed by atoms with Crippen LogP contribution in [0.5, 0.6) is 0 Å². The average Bonchev–Trinajstić information content (AvgIpc) is 2.55. The zero-order chi connectivity index (χ0) is 14.7. The number of hydrogen-bond donors (Lipinski definition) is 0. The smallest absolute Gasteiger partial charge is 0.0645 e.